The van der Waals surface area contributed by atoms with Gasteiger partial charge in [0.1, 0.15) is 11.6 Å². The van der Waals surface area contributed by atoms with Gasteiger partial charge in [0.15, 0.2) is 0 Å². The second-order valence-corrected chi connectivity index (χ2v) is 5.57. The molecule has 1 amide bonds. The lowest BCUT2D eigenvalue weighted by molar-refractivity contribution is -0.140. The van der Waals surface area contributed by atoms with Crippen molar-refractivity contribution >= 4 is 12.1 Å². The van der Waals surface area contributed by atoms with Crippen molar-refractivity contribution in [2.75, 3.05) is 0 Å². The van der Waals surface area contributed by atoms with Crippen molar-refractivity contribution < 1.29 is 19.4 Å². The number of carboxylic acids is 1. The van der Waals surface area contributed by atoms with E-state index < -0.39 is 23.7 Å². The largest absolute Gasteiger partial charge is 0.480 e. The number of hydrogen-bond acceptors (Lipinski definition) is 3. The van der Waals surface area contributed by atoms with Crippen LogP contribution in [-0.4, -0.2) is 28.8 Å². The van der Waals surface area contributed by atoms with E-state index in [2.05, 4.69) is 5.32 Å². The van der Waals surface area contributed by atoms with Gasteiger partial charge in [0.05, 0.1) is 0 Å². The summed E-state index contributed by atoms with van der Waals surface area (Å²) in [6.45, 7) is 5.23. The number of alkyl carbamates (subject to hydrolysis) is 1. The Kier molecular flexibility index (Phi) is 4.37. The standard InChI is InChI=1S/C12H21NO4/c1-12(2,3)17-11(16)13-9(10(14)15)7-8-5-4-6-8/h8-9H,4-7H2,1-3H3,(H,13,16)(H,14,15). The summed E-state index contributed by atoms with van der Waals surface area (Å²) in [7, 11) is 0. The Morgan fingerprint density at radius 1 is 1.41 bits per heavy atom. The van der Waals surface area contributed by atoms with E-state index in [9.17, 15) is 9.59 Å². The molecule has 1 saturated carbocycles. The molecule has 0 saturated heterocycles. The number of rotatable bonds is 4. The van der Waals surface area contributed by atoms with E-state index in [1.54, 1.807) is 20.8 Å². The van der Waals surface area contributed by atoms with Gasteiger partial charge in [-0.05, 0) is 33.1 Å². The maximum absolute atomic E-state index is 11.5. The molecule has 1 aliphatic carbocycles. The Morgan fingerprint density at radius 2 is 2.00 bits per heavy atom. The maximum Gasteiger partial charge on any atom is 0.408 e. The van der Waals surface area contributed by atoms with Crippen molar-refractivity contribution in [1.82, 2.24) is 5.32 Å². The third-order valence-corrected chi connectivity index (χ3v) is 2.78. The highest BCUT2D eigenvalue weighted by Gasteiger charge is 2.29. The first-order chi connectivity index (χ1) is 7.78. The number of aliphatic carboxylic acids is 1. The normalized spacial score (nSPS) is 18.1. The summed E-state index contributed by atoms with van der Waals surface area (Å²) >= 11 is 0. The smallest absolute Gasteiger partial charge is 0.408 e. The first-order valence-electron chi connectivity index (χ1n) is 6.00. The predicted molar refractivity (Wildman–Crippen MR) is 62.8 cm³/mol. The SMILES string of the molecule is CC(C)(C)OC(=O)NC(CC1CCC1)C(=O)O. The molecule has 1 unspecified atom stereocenters. The third-order valence-electron chi connectivity index (χ3n) is 2.78. The Labute approximate surface area is 102 Å². The monoisotopic (exact) mass is 243 g/mol. The highest BCUT2D eigenvalue weighted by molar-refractivity contribution is 5.80. The number of hydrogen-bond donors (Lipinski definition) is 2. The number of carbonyl (C=O) groups is 2. The molecule has 0 aliphatic heterocycles. The average molecular weight is 243 g/mol. The zero-order chi connectivity index (χ0) is 13.1. The molecular weight excluding hydrogens is 222 g/mol. The molecule has 0 aromatic carbocycles. The van der Waals surface area contributed by atoms with Crippen molar-refractivity contribution in [3.05, 3.63) is 0 Å². The Hall–Kier alpha value is -1.26. The quantitative estimate of drug-likeness (QED) is 0.793. The van der Waals surface area contributed by atoms with E-state index in [0.717, 1.165) is 19.3 Å². The minimum atomic E-state index is -0.997. The van der Waals surface area contributed by atoms with Crippen LogP contribution in [0.25, 0.3) is 0 Å². The molecule has 0 bridgehead atoms. The van der Waals surface area contributed by atoms with Crippen molar-refractivity contribution in [2.45, 2.75) is 58.1 Å². The van der Waals surface area contributed by atoms with Gasteiger partial charge in [-0.3, -0.25) is 0 Å². The van der Waals surface area contributed by atoms with Gasteiger partial charge in [0.2, 0.25) is 0 Å². The molecule has 0 aromatic heterocycles. The fourth-order valence-corrected chi connectivity index (χ4v) is 1.73. The summed E-state index contributed by atoms with van der Waals surface area (Å²) in [4.78, 5) is 22.5. The average Bonchev–Trinajstić information content (AvgIpc) is 2.05. The van der Waals surface area contributed by atoms with Gasteiger partial charge in [-0.25, -0.2) is 9.59 Å². The molecule has 2 N–H and O–H groups in total. The highest BCUT2D eigenvalue weighted by atomic mass is 16.6. The van der Waals surface area contributed by atoms with Crippen LogP contribution in [0.5, 0.6) is 0 Å². The summed E-state index contributed by atoms with van der Waals surface area (Å²) in [6, 6.07) is -0.838. The van der Waals surface area contributed by atoms with Crippen LogP contribution >= 0.6 is 0 Å². The van der Waals surface area contributed by atoms with Crippen LogP contribution in [0.3, 0.4) is 0 Å². The van der Waals surface area contributed by atoms with Gasteiger partial charge in [0, 0.05) is 0 Å². The molecule has 5 heteroatoms. The lowest BCUT2D eigenvalue weighted by Gasteiger charge is -2.29. The molecule has 1 fully saturated rings. The van der Waals surface area contributed by atoms with Gasteiger partial charge in [-0.1, -0.05) is 19.3 Å². The highest BCUT2D eigenvalue weighted by Crippen LogP contribution is 2.30. The number of ether oxygens (including phenoxy) is 1. The minimum absolute atomic E-state index is 0.422. The Bertz CT molecular complexity index is 291. The molecule has 1 rings (SSSR count). The fourth-order valence-electron chi connectivity index (χ4n) is 1.73. The lowest BCUT2D eigenvalue weighted by Crippen LogP contribution is -2.45. The van der Waals surface area contributed by atoms with Gasteiger partial charge in [0.25, 0.3) is 0 Å². The van der Waals surface area contributed by atoms with Gasteiger partial charge in [-0.15, -0.1) is 0 Å². The van der Waals surface area contributed by atoms with E-state index in [4.69, 9.17) is 9.84 Å². The van der Waals surface area contributed by atoms with Crippen LogP contribution < -0.4 is 5.32 Å². The summed E-state index contributed by atoms with van der Waals surface area (Å²) in [5, 5.41) is 11.4. The molecule has 0 spiro atoms. The molecule has 0 heterocycles. The van der Waals surface area contributed by atoms with Gasteiger partial charge in [-0.2, -0.15) is 0 Å². The first-order valence-corrected chi connectivity index (χ1v) is 6.00. The summed E-state index contributed by atoms with van der Waals surface area (Å²) in [6.07, 6.45) is 3.10. The fraction of sp³-hybridized carbons (Fsp3) is 0.833. The van der Waals surface area contributed by atoms with E-state index >= 15 is 0 Å². The number of carbonyl (C=O) groups excluding carboxylic acids is 1. The second-order valence-electron chi connectivity index (χ2n) is 5.57. The summed E-state index contributed by atoms with van der Waals surface area (Å²) in [5.41, 5.74) is -0.608. The zero-order valence-corrected chi connectivity index (χ0v) is 10.7. The molecule has 98 valence electrons. The van der Waals surface area contributed by atoms with E-state index in [0.29, 0.717) is 12.3 Å². The topological polar surface area (TPSA) is 75.6 Å². The van der Waals surface area contributed by atoms with Gasteiger partial charge < -0.3 is 15.2 Å². The molecule has 0 radical (unpaired) electrons. The second kappa shape index (κ2) is 5.38. The van der Waals surface area contributed by atoms with Crippen molar-refractivity contribution in [3.8, 4) is 0 Å². The van der Waals surface area contributed by atoms with Crippen molar-refractivity contribution in [3.63, 3.8) is 0 Å². The van der Waals surface area contributed by atoms with Crippen LogP contribution in [0.4, 0.5) is 4.79 Å². The minimum Gasteiger partial charge on any atom is -0.480 e. The molecule has 5 nitrogen and oxygen atoms in total. The van der Waals surface area contributed by atoms with Crippen molar-refractivity contribution in [2.24, 2.45) is 5.92 Å². The molecule has 0 aromatic rings. The number of carboxylic acid groups (broad SMARTS) is 1. The lowest BCUT2D eigenvalue weighted by atomic mass is 9.81. The molecule has 17 heavy (non-hydrogen) atoms. The van der Waals surface area contributed by atoms with Crippen LogP contribution in [0.15, 0.2) is 0 Å². The van der Waals surface area contributed by atoms with Crippen LogP contribution in [-0.2, 0) is 9.53 Å². The van der Waals surface area contributed by atoms with E-state index in [-0.39, 0.29) is 0 Å². The number of nitrogens with one attached hydrogen (secondary N) is 1. The van der Waals surface area contributed by atoms with Crippen LogP contribution in [0.1, 0.15) is 46.5 Å². The van der Waals surface area contributed by atoms with Crippen molar-refractivity contribution in [1.29, 1.82) is 0 Å². The Balaban J connectivity index is 2.42. The summed E-state index contributed by atoms with van der Waals surface area (Å²) < 4.78 is 5.04. The van der Waals surface area contributed by atoms with Crippen LogP contribution in [0.2, 0.25) is 0 Å². The number of amides is 1. The van der Waals surface area contributed by atoms with E-state index in [1.165, 1.54) is 0 Å². The first kappa shape index (κ1) is 13.8. The zero-order valence-electron chi connectivity index (χ0n) is 10.7. The molecule has 1 atom stereocenters. The molecular formula is C12H21NO4. The molecule has 1 aliphatic rings. The predicted octanol–water partition coefficient (Wildman–Crippen LogP) is 2.15. The maximum atomic E-state index is 11.5. The van der Waals surface area contributed by atoms with Crippen LogP contribution in [0, 0.1) is 5.92 Å². The van der Waals surface area contributed by atoms with E-state index in [1.807, 2.05) is 0 Å². The summed E-state index contributed by atoms with van der Waals surface area (Å²) in [5.74, 6) is -0.575. The third kappa shape index (κ3) is 5.06. The Morgan fingerprint density at radius 3 is 2.35 bits per heavy atom. The van der Waals surface area contributed by atoms with Gasteiger partial charge >= 0.3 is 12.1 Å².